The minimum atomic E-state index is -5.19. The van der Waals surface area contributed by atoms with Gasteiger partial charge in [-0.25, -0.2) is 13.2 Å². The molecule has 0 saturated heterocycles. The van der Waals surface area contributed by atoms with Crippen molar-refractivity contribution in [1.82, 2.24) is 0 Å². The molecule has 27 heavy (non-hydrogen) atoms. The Morgan fingerprint density at radius 1 is 1.04 bits per heavy atom. The molecule has 0 amide bonds. The SMILES string of the molecule is N#Cc1cc(F)cc(Oc2ccc3c(c2C(F)F)C(=O)C(F)(F)C3(F)F)c1. The van der Waals surface area contributed by atoms with Crippen molar-refractivity contribution in [2.45, 2.75) is 18.3 Å². The van der Waals surface area contributed by atoms with Crippen LogP contribution in [-0.2, 0) is 5.92 Å². The molecule has 0 heterocycles. The van der Waals surface area contributed by atoms with Gasteiger partial charge in [0.25, 0.3) is 6.43 Å². The molecule has 0 N–H and O–H groups in total. The number of fused-ring (bicyclic) bond motifs is 1. The van der Waals surface area contributed by atoms with Gasteiger partial charge in [-0.2, -0.15) is 22.8 Å². The second-order valence-electron chi connectivity index (χ2n) is 5.57. The van der Waals surface area contributed by atoms with E-state index in [-0.39, 0.29) is 5.56 Å². The lowest BCUT2D eigenvalue weighted by Crippen LogP contribution is -2.38. The summed E-state index contributed by atoms with van der Waals surface area (Å²) >= 11 is 0. The van der Waals surface area contributed by atoms with Gasteiger partial charge in [-0.05, 0) is 24.3 Å². The number of carbonyl (C=O) groups is 1. The van der Waals surface area contributed by atoms with Crippen molar-refractivity contribution in [3.63, 3.8) is 0 Å². The number of halogens is 7. The molecular weight excluding hydrogens is 383 g/mol. The monoisotopic (exact) mass is 389 g/mol. The Balaban J connectivity index is 2.19. The van der Waals surface area contributed by atoms with Crippen molar-refractivity contribution < 1.29 is 40.3 Å². The molecule has 1 aliphatic rings. The van der Waals surface area contributed by atoms with Crippen molar-refractivity contribution in [2.75, 3.05) is 0 Å². The molecule has 3 rings (SSSR count). The number of hydrogen-bond acceptors (Lipinski definition) is 3. The van der Waals surface area contributed by atoms with Crippen molar-refractivity contribution in [3.8, 4) is 17.6 Å². The van der Waals surface area contributed by atoms with Crippen LogP contribution < -0.4 is 4.74 Å². The van der Waals surface area contributed by atoms with Crippen LogP contribution in [0.3, 0.4) is 0 Å². The molecule has 0 saturated carbocycles. The highest BCUT2D eigenvalue weighted by atomic mass is 19.3. The predicted molar refractivity (Wildman–Crippen MR) is 75.8 cm³/mol. The predicted octanol–water partition coefficient (Wildman–Crippen LogP) is 5.35. The average molecular weight is 389 g/mol. The number of Topliss-reactive ketones (excluding diaryl/α,β-unsaturated/α-hetero) is 1. The van der Waals surface area contributed by atoms with Crippen LogP contribution in [0.25, 0.3) is 0 Å². The molecule has 140 valence electrons. The normalized spacial score (nSPS) is 16.9. The van der Waals surface area contributed by atoms with Gasteiger partial charge in [-0.3, -0.25) is 4.79 Å². The Kier molecular flexibility index (Phi) is 4.14. The molecular formula is C17H6F7NO2. The molecule has 2 aromatic rings. The summed E-state index contributed by atoms with van der Waals surface area (Å²) in [6.07, 6.45) is -3.62. The fraction of sp³-hybridized carbons (Fsp3) is 0.176. The molecule has 0 atom stereocenters. The van der Waals surface area contributed by atoms with E-state index in [9.17, 15) is 35.5 Å². The summed E-state index contributed by atoms with van der Waals surface area (Å²) < 4.78 is 100. The van der Waals surface area contributed by atoms with Crippen LogP contribution in [0.1, 0.15) is 33.5 Å². The zero-order chi connectivity index (χ0) is 20.1. The van der Waals surface area contributed by atoms with Gasteiger partial charge in [0.15, 0.2) is 0 Å². The Labute approximate surface area is 146 Å². The number of alkyl halides is 6. The van der Waals surface area contributed by atoms with Crippen LogP contribution in [0.2, 0.25) is 0 Å². The number of ketones is 1. The zero-order valence-electron chi connectivity index (χ0n) is 12.9. The van der Waals surface area contributed by atoms with Crippen molar-refractivity contribution in [1.29, 1.82) is 5.26 Å². The quantitative estimate of drug-likeness (QED) is 0.665. The van der Waals surface area contributed by atoms with Crippen molar-refractivity contribution in [2.24, 2.45) is 0 Å². The maximum absolute atomic E-state index is 13.8. The summed E-state index contributed by atoms with van der Waals surface area (Å²) in [5.41, 5.74) is -4.78. The first-order valence-electron chi connectivity index (χ1n) is 7.15. The van der Waals surface area contributed by atoms with E-state index in [4.69, 9.17) is 10.00 Å². The maximum Gasteiger partial charge on any atom is 0.376 e. The second kappa shape index (κ2) is 5.97. The Bertz CT molecular complexity index is 996. The topological polar surface area (TPSA) is 50.1 Å². The van der Waals surface area contributed by atoms with E-state index in [0.29, 0.717) is 18.2 Å². The highest BCUT2D eigenvalue weighted by molar-refractivity contribution is 6.08. The fourth-order valence-corrected chi connectivity index (χ4v) is 2.69. The third kappa shape index (κ3) is 2.70. The van der Waals surface area contributed by atoms with Crippen LogP contribution in [0.15, 0.2) is 30.3 Å². The fourth-order valence-electron chi connectivity index (χ4n) is 2.69. The Morgan fingerprint density at radius 3 is 2.30 bits per heavy atom. The van der Waals surface area contributed by atoms with Gasteiger partial charge < -0.3 is 4.74 Å². The molecule has 0 aliphatic heterocycles. The van der Waals surface area contributed by atoms with E-state index in [2.05, 4.69) is 0 Å². The number of ether oxygens (including phenoxy) is 1. The molecule has 0 fully saturated rings. The van der Waals surface area contributed by atoms with Crippen LogP contribution in [0.5, 0.6) is 11.5 Å². The van der Waals surface area contributed by atoms with Gasteiger partial charge in [-0.1, -0.05) is 0 Å². The lowest BCUT2D eigenvalue weighted by molar-refractivity contribution is -0.176. The number of nitrogens with zero attached hydrogens (tertiary/aromatic N) is 1. The van der Waals surface area contributed by atoms with Gasteiger partial charge >= 0.3 is 11.8 Å². The molecule has 3 nitrogen and oxygen atoms in total. The molecule has 2 aromatic carbocycles. The molecule has 0 radical (unpaired) electrons. The first kappa shape index (κ1) is 18.7. The Morgan fingerprint density at radius 2 is 1.70 bits per heavy atom. The van der Waals surface area contributed by atoms with Gasteiger partial charge in [0.05, 0.1) is 17.2 Å². The number of benzene rings is 2. The maximum atomic E-state index is 13.8. The smallest absolute Gasteiger partial charge is 0.376 e. The van der Waals surface area contributed by atoms with Crippen LogP contribution in [0, 0.1) is 17.1 Å². The summed E-state index contributed by atoms with van der Waals surface area (Å²) in [5.74, 6) is -14.9. The minimum absolute atomic E-state index is 0.237. The van der Waals surface area contributed by atoms with Gasteiger partial charge in [-0.15, -0.1) is 0 Å². The first-order chi connectivity index (χ1) is 12.5. The second-order valence-corrected chi connectivity index (χ2v) is 5.57. The van der Waals surface area contributed by atoms with Crippen LogP contribution >= 0.6 is 0 Å². The van der Waals surface area contributed by atoms with Crippen LogP contribution in [-0.4, -0.2) is 11.7 Å². The molecule has 1 aliphatic carbocycles. The molecule has 10 heteroatoms. The number of hydrogen-bond donors (Lipinski definition) is 0. The zero-order valence-corrected chi connectivity index (χ0v) is 12.9. The number of carbonyl (C=O) groups excluding carboxylic acids is 1. The molecule has 0 bridgehead atoms. The van der Waals surface area contributed by atoms with E-state index >= 15 is 0 Å². The highest BCUT2D eigenvalue weighted by Crippen LogP contribution is 2.55. The van der Waals surface area contributed by atoms with E-state index < -0.39 is 58.1 Å². The van der Waals surface area contributed by atoms with E-state index in [0.717, 1.165) is 12.1 Å². The molecule has 0 spiro atoms. The van der Waals surface area contributed by atoms with E-state index in [1.165, 1.54) is 0 Å². The summed E-state index contributed by atoms with van der Waals surface area (Å²) in [6.45, 7) is 0. The molecule has 0 unspecified atom stereocenters. The van der Waals surface area contributed by atoms with Gasteiger partial charge in [0.1, 0.15) is 17.3 Å². The van der Waals surface area contributed by atoms with Crippen molar-refractivity contribution >= 4 is 5.78 Å². The Hall–Kier alpha value is -3.09. The van der Waals surface area contributed by atoms with Crippen LogP contribution in [0.4, 0.5) is 30.7 Å². The lowest BCUT2D eigenvalue weighted by Gasteiger charge is -2.17. The van der Waals surface area contributed by atoms with Crippen molar-refractivity contribution in [3.05, 3.63) is 58.4 Å². The van der Waals surface area contributed by atoms with Gasteiger partial charge in [0, 0.05) is 17.2 Å². The first-order valence-corrected chi connectivity index (χ1v) is 7.15. The standard InChI is InChI=1S/C17H6F7NO2/c18-8-3-7(6-25)4-9(5-8)27-11-2-1-10-12(13(11)15(19)20)14(26)17(23,24)16(10,21)22/h1-5,15H. The van der Waals surface area contributed by atoms with Gasteiger partial charge in [0.2, 0.25) is 5.78 Å². The molecule has 0 aromatic heterocycles. The third-order valence-corrected chi connectivity index (χ3v) is 3.90. The average Bonchev–Trinajstić information content (AvgIpc) is 2.71. The lowest BCUT2D eigenvalue weighted by atomic mass is 10.0. The minimum Gasteiger partial charge on any atom is -0.457 e. The van der Waals surface area contributed by atoms with E-state index in [1.54, 1.807) is 6.07 Å². The summed E-state index contributed by atoms with van der Waals surface area (Å²) in [6, 6.07) is 4.98. The third-order valence-electron chi connectivity index (χ3n) is 3.90. The highest BCUT2D eigenvalue weighted by Gasteiger charge is 2.70. The largest absolute Gasteiger partial charge is 0.457 e. The number of nitriles is 1. The summed E-state index contributed by atoms with van der Waals surface area (Å²) in [4.78, 5) is 11.7. The summed E-state index contributed by atoms with van der Waals surface area (Å²) in [5, 5.41) is 8.77. The number of rotatable bonds is 3. The van der Waals surface area contributed by atoms with E-state index in [1.807, 2.05) is 0 Å². The summed E-state index contributed by atoms with van der Waals surface area (Å²) in [7, 11) is 0.